The lowest BCUT2D eigenvalue weighted by molar-refractivity contribution is 0.161. The Morgan fingerprint density at radius 2 is 1.94 bits per heavy atom. The molecule has 1 saturated carbocycles. The highest BCUT2D eigenvalue weighted by Crippen LogP contribution is 2.27. The minimum Gasteiger partial charge on any atom is -0.394 e. The van der Waals surface area contributed by atoms with Crippen LogP contribution in [0.3, 0.4) is 0 Å². The first-order valence-corrected chi connectivity index (χ1v) is 11.4. The zero-order chi connectivity index (χ0) is 22.9. The van der Waals surface area contributed by atoms with Gasteiger partial charge in [-0.3, -0.25) is 9.13 Å². The molecule has 7 heteroatoms. The van der Waals surface area contributed by atoms with Gasteiger partial charge in [0.05, 0.1) is 29.2 Å². The molecule has 3 aromatic rings. The number of hydrogen-bond acceptors (Lipinski definition) is 5. The Morgan fingerprint density at radius 3 is 2.62 bits per heavy atom. The van der Waals surface area contributed by atoms with E-state index in [0.29, 0.717) is 23.4 Å². The Kier molecular flexibility index (Phi) is 6.20. The molecule has 2 heterocycles. The van der Waals surface area contributed by atoms with Crippen LogP contribution in [0.1, 0.15) is 52.0 Å². The van der Waals surface area contributed by atoms with Crippen molar-refractivity contribution in [2.24, 2.45) is 5.92 Å². The van der Waals surface area contributed by atoms with E-state index < -0.39 is 5.54 Å². The van der Waals surface area contributed by atoms with Gasteiger partial charge < -0.3 is 10.4 Å². The SMILES string of the molecule is Cc1cccc(-n2c(-c3ccnc(N[C@H]4CC[C@H](C)CC4)n3)cn(C(C)(C)CO)c2=O)c1. The molecular weight excluding hydrogens is 402 g/mol. The summed E-state index contributed by atoms with van der Waals surface area (Å²) in [6.45, 7) is 7.84. The van der Waals surface area contributed by atoms with Crippen molar-refractivity contribution in [1.29, 1.82) is 0 Å². The average molecular weight is 436 g/mol. The fourth-order valence-electron chi connectivity index (χ4n) is 4.31. The van der Waals surface area contributed by atoms with E-state index in [9.17, 15) is 9.90 Å². The Labute approximate surface area is 189 Å². The zero-order valence-electron chi connectivity index (χ0n) is 19.4. The van der Waals surface area contributed by atoms with Crippen molar-refractivity contribution in [1.82, 2.24) is 19.1 Å². The molecule has 0 spiro atoms. The molecule has 0 aliphatic heterocycles. The highest BCUT2D eigenvalue weighted by molar-refractivity contribution is 5.59. The Balaban J connectivity index is 1.77. The minimum absolute atomic E-state index is 0.152. The van der Waals surface area contributed by atoms with Crippen molar-refractivity contribution in [2.45, 2.75) is 65.0 Å². The molecule has 4 rings (SSSR count). The lowest BCUT2D eigenvalue weighted by Crippen LogP contribution is -2.39. The van der Waals surface area contributed by atoms with E-state index in [2.05, 4.69) is 17.2 Å². The van der Waals surface area contributed by atoms with Crippen molar-refractivity contribution in [3.05, 3.63) is 58.8 Å². The highest BCUT2D eigenvalue weighted by atomic mass is 16.3. The Bertz CT molecular complexity index is 1140. The van der Waals surface area contributed by atoms with Crippen LogP contribution >= 0.6 is 0 Å². The summed E-state index contributed by atoms with van der Waals surface area (Å²) in [5, 5.41) is 13.4. The maximum Gasteiger partial charge on any atom is 0.333 e. The lowest BCUT2D eigenvalue weighted by Gasteiger charge is -2.26. The second kappa shape index (κ2) is 8.90. The number of imidazole rings is 1. The number of anilines is 1. The Hall–Kier alpha value is -2.93. The van der Waals surface area contributed by atoms with Crippen LogP contribution in [0.5, 0.6) is 0 Å². The third-order valence-electron chi connectivity index (χ3n) is 6.46. The molecule has 1 aromatic carbocycles. The van der Waals surface area contributed by atoms with Gasteiger partial charge in [-0.1, -0.05) is 19.1 Å². The average Bonchev–Trinajstić information content (AvgIpc) is 3.13. The van der Waals surface area contributed by atoms with E-state index >= 15 is 0 Å². The largest absolute Gasteiger partial charge is 0.394 e. The summed E-state index contributed by atoms with van der Waals surface area (Å²) < 4.78 is 3.25. The fourth-order valence-corrected chi connectivity index (χ4v) is 4.31. The summed E-state index contributed by atoms with van der Waals surface area (Å²) >= 11 is 0. The first-order valence-electron chi connectivity index (χ1n) is 11.4. The Morgan fingerprint density at radius 1 is 1.19 bits per heavy atom. The first kappa shape index (κ1) is 22.3. The fraction of sp³-hybridized carbons (Fsp3) is 0.480. The van der Waals surface area contributed by atoms with Gasteiger partial charge in [-0.2, -0.15) is 0 Å². The van der Waals surface area contributed by atoms with Crippen LogP contribution < -0.4 is 11.0 Å². The molecule has 0 atom stereocenters. The van der Waals surface area contributed by atoms with E-state index in [4.69, 9.17) is 4.98 Å². The number of aryl methyl sites for hydroxylation is 1. The van der Waals surface area contributed by atoms with Crippen molar-refractivity contribution in [3.8, 4) is 17.1 Å². The number of nitrogens with one attached hydrogen (secondary N) is 1. The maximum absolute atomic E-state index is 13.5. The van der Waals surface area contributed by atoms with Gasteiger partial charge >= 0.3 is 5.69 Å². The van der Waals surface area contributed by atoms with Gasteiger partial charge in [0.1, 0.15) is 0 Å². The summed E-state index contributed by atoms with van der Waals surface area (Å²) in [5.41, 5.74) is 2.22. The number of rotatable bonds is 6. The predicted molar refractivity (Wildman–Crippen MR) is 127 cm³/mol. The van der Waals surface area contributed by atoms with Gasteiger partial charge in [-0.05, 0) is 76.1 Å². The molecule has 2 N–H and O–H groups in total. The third-order valence-corrected chi connectivity index (χ3v) is 6.46. The first-order chi connectivity index (χ1) is 15.3. The normalized spacial score (nSPS) is 19.2. The van der Waals surface area contributed by atoms with Crippen LogP contribution in [0.2, 0.25) is 0 Å². The van der Waals surface area contributed by atoms with E-state index in [0.717, 1.165) is 30.0 Å². The van der Waals surface area contributed by atoms with Crippen molar-refractivity contribution in [2.75, 3.05) is 11.9 Å². The minimum atomic E-state index is -0.742. The molecule has 1 fully saturated rings. The van der Waals surface area contributed by atoms with E-state index in [1.165, 1.54) is 12.8 Å². The van der Waals surface area contributed by atoms with Gasteiger partial charge in [0.2, 0.25) is 5.95 Å². The molecule has 2 aromatic heterocycles. The summed E-state index contributed by atoms with van der Waals surface area (Å²) in [7, 11) is 0. The molecule has 0 bridgehead atoms. The van der Waals surface area contributed by atoms with Gasteiger partial charge in [0.15, 0.2) is 0 Å². The van der Waals surface area contributed by atoms with Gasteiger partial charge in [-0.15, -0.1) is 0 Å². The van der Waals surface area contributed by atoms with Crippen LogP contribution in [0.25, 0.3) is 17.1 Å². The van der Waals surface area contributed by atoms with Gasteiger partial charge in [0.25, 0.3) is 0 Å². The van der Waals surface area contributed by atoms with E-state index in [-0.39, 0.29) is 12.3 Å². The van der Waals surface area contributed by atoms with Gasteiger partial charge in [0, 0.05) is 18.4 Å². The topological polar surface area (TPSA) is 85.0 Å². The lowest BCUT2D eigenvalue weighted by atomic mass is 9.87. The van der Waals surface area contributed by atoms with Crippen LogP contribution in [-0.2, 0) is 5.54 Å². The van der Waals surface area contributed by atoms with Crippen LogP contribution in [-0.4, -0.2) is 36.9 Å². The molecule has 0 saturated heterocycles. The van der Waals surface area contributed by atoms with Crippen molar-refractivity contribution < 1.29 is 5.11 Å². The molecule has 32 heavy (non-hydrogen) atoms. The molecule has 0 radical (unpaired) electrons. The van der Waals surface area contributed by atoms with Crippen molar-refractivity contribution in [3.63, 3.8) is 0 Å². The standard InChI is InChI=1S/C25H33N5O2/c1-17-8-10-19(11-9-17)27-23-26-13-12-21(28-23)22-15-29(25(3,4)16-31)24(32)30(22)20-7-5-6-18(2)14-20/h5-7,12-15,17,19,31H,8-11,16H2,1-4H3,(H,26,27,28)/t17-,19-. The van der Waals surface area contributed by atoms with Crippen molar-refractivity contribution >= 4 is 5.95 Å². The van der Waals surface area contributed by atoms with Crippen LogP contribution in [0.15, 0.2) is 47.5 Å². The molecule has 1 aliphatic rings. The van der Waals surface area contributed by atoms with Crippen LogP contribution in [0.4, 0.5) is 5.95 Å². The summed E-state index contributed by atoms with van der Waals surface area (Å²) in [4.78, 5) is 22.7. The van der Waals surface area contributed by atoms with E-state index in [1.54, 1.807) is 21.5 Å². The predicted octanol–water partition coefficient (Wildman–Crippen LogP) is 4.12. The molecule has 170 valence electrons. The molecule has 7 nitrogen and oxygen atoms in total. The summed E-state index contributed by atoms with van der Waals surface area (Å²) in [5.74, 6) is 1.36. The number of nitrogens with zero attached hydrogens (tertiary/aromatic N) is 4. The second-order valence-corrected chi connectivity index (χ2v) is 9.68. The van der Waals surface area contributed by atoms with Gasteiger partial charge in [-0.25, -0.2) is 14.8 Å². The smallest absolute Gasteiger partial charge is 0.333 e. The summed E-state index contributed by atoms with van der Waals surface area (Å²) in [6, 6.07) is 10.0. The van der Waals surface area contributed by atoms with Crippen LogP contribution in [0, 0.1) is 12.8 Å². The number of aliphatic hydroxyl groups excluding tert-OH is 1. The highest BCUT2D eigenvalue weighted by Gasteiger charge is 2.26. The quantitative estimate of drug-likeness (QED) is 0.608. The summed E-state index contributed by atoms with van der Waals surface area (Å²) in [6.07, 6.45) is 8.17. The molecule has 0 amide bonds. The number of hydrogen-bond donors (Lipinski definition) is 2. The third kappa shape index (κ3) is 4.48. The zero-order valence-corrected chi connectivity index (χ0v) is 19.4. The number of benzene rings is 1. The monoisotopic (exact) mass is 435 g/mol. The maximum atomic E-state index is 13.5. The number of aromatic nitrogens is 4. The number of aliphatic hydroxyl groups is 1. The molecule has 0 unspecified atom stereocenters. The second-order valence-electron chi connectivity index (χ2n) is 9.68. The van der Waals surface area contributed by atoms with E-state index in [1.807, 2.05) is 51.1 Å². The molecule has 1 aliphatic carbocycles. The molecular formula is C25H33N5O2.